The minimum Gasteiger partial charge on any atom is -0.496 e. The number of esters is 1. The third-order valence-corrected chi connectivity index (χ3v) is 3.70. The van der Waals surface area contributed by atoms with E-state index in [1.807, 2.05) is 0 Å². The van der Waals surface area contributed by atoms with Gasteiger partial charge in [0.2, 0.25) is 0 Å². The summed E-state index contributed by atoms with van der Waals surface area (Å²) in [6.45, 7) is 0.368. The normalized spacial score (nSPS) is 9.92. The number of anilines is 1. The van der Waals surface area contributed by atoms with Crippen molar-refractivity contribution in [3.63, 3.8) is 0 Å². The summed E-state index contributed by atoms with van der Waals surface area (Å²) in [4.78, 5) is 22.0. The maximum atomic E-state index is 11.8. The highest BCUT2D eigenvalue weighted by molar-refractivity contribution is 7.80. The van der Waals surface area contributed by atoms with E-state index >= 15 is 0 Å². The van der Waals surface area contributed by atoms with Gasteiger partial charge in [-0.3, -0.25) is 10.1 Å². The first-order valence-corrected chi connectivity index (χ1v) is 7.90. The first-order valence-electron chi connectivity index (χ1n) is 7.49. The molecule has 8 nitrogen and oxygen atoms in total. The second-order valence-electron chi connectivity index (χ2n) is 5.14. The standard InChI is InChI=1S/C17H17N3O5S/c1-24-15-8-3-11(9-14(15)16(21)25-2)10-18-17(26)19-12-4-6-13(7-5-12)20(22)23/h3-9H,10H2,1-2H3,(H2,18,19,26). The van der Waals surface area contributed by atoms with Crippen LogP contribution in [0, 0.1) is 10.1 Å². The summed E-state index contributed by atoms with van der Waals surface area (Å²) in [7, 11) is 2.78. The third kappa shape index (κ3) is 4.90. The summed E-state index contributed by atoms with van der Waals surface area (Å²) in [5, 5.41) is 16.9. The Morgan fingerprint density at radius 2 is 1.88 bits per heavy atom. The molecular weight excluding hydrogens is 358 g/mol. The number of nitro groups is 1. The van der Waals surface area contributed by atoms with E-state index in [-0.39, 0.29) is 5.69 Å². The van der Waals surface area contributed by atoms with Crippen LogP contribution in [0.25, 0.3) is 0 Å². The van der Waals surface area contributed by atoms with Gasteiger partial charge < -0.3 is 20.1 Å². The number of carbonyl (C=O) groups is 1. The maximum absolute atomic E-state index is 11.8. The highest BCUT2D eigenvalue weighted by atomic mass is 32.1. The van der Waals surface area contributed by atoms with Gasteiger partial charge in [0.15, 0.2) is 5.11 Å². The Balaban J connectivity index is 1.98. The molecule has 0 saturated heterocycles. The fourth-order valence-electron chi connectivity index (χ4n) is 2.16. The second-order valence-corrected chi connectivity index (χ2v) is 5.55. The van der Waals surface area contributed by atoms with Crippen molar-refractivity contribution in [3.05, 3.63) is 63.7 Å². The number of ether oxygens (including phenoxy) is 2. The quantitative estimate of drug-likeness (QED) is 0.344. The molecule has 0 fully saturated rings. The number of nitrogens with zero attached hydrogens (tertiary/aromatic N) is 1. The van der Waals surface area contributed by atoms with Gasteiger partial charge in [0.1, 0.15) is 11.3 Å². The third-order valence-electron chi connectivity index (χ3n) is 3.46. The van der Waals surface area contributed by atoms with E-state index in [0.717, 1.165) is 5.56 Å². The fraction of sp³-hybridized carbons (Fsp3) is 0.176. The summed E-state index contributed by atoms with van der Waals surface area (Å²) in [6, 6.07) is 11.0. The maximum Gasteiger partial charge on any atom is 0.341 e. The number of hydrogen-bond donors (Lipinski definition) is 2. The van der Waals surface area contributed by atoms with Crippen molar-refractivity contribution in [3.8, 4) is 5.75 Å². The van der Waals surface area contributed by atoms with Crippen molar-refractivity contribution < 1.29 is 19.2 Å². The van der Waals surface area contributed by atoms with E-state index in [4.69, 9.17) is 21.7 Å². The molecule has 0 aliphatic rings. The number of nitro benzene ring substituents is 1. The van der Waals surface area contributed by atoms with Crippen LogP contribution in [0.4, 0.5) is 11.4 Å². The Labute approximate surface area is 155 Å². The number of carbonyl (C=O) groups excluding carboxylic acids is 1. The highest BCUT2D eigenvalue weighted by Crippen LogP contribution is 2.21. The van der Waals surface area contributed by atoms with Crippen LogP contribution < -0.4 is 15.4 Å². The van der Waals surface area contributed by atoms with E-state index in [1.54, 1.807) is 30.3 Å². The van der Waals surface area contributed by atoms with Gasteiger partial charge in [0, 0.05) is 24.4 Å². The Bertz CT molecular complexity index is 824. The predicted molar refractivity (Wildman–Crippen MR) is 100 cm³/mol. The molecule has 0 heterocycles. The molecule has 0 spiro atoms. The van der Waals surface area contributed by atoms with Crippen LogP contribution in [-0.4, -0.2) is 30.2 Å². The van der Waals surface area contributed by atoms with Crippen molar-refractivity contribution in [1.29, 1.82) is 0 Å². The first-order chi connectivity index (χ1) is 12.4. The minimum atomic E-state index is -0.490. The van der Waals surface area contributed by atoms with Gasteiger partial charge in [0.05, 0.1) is 19.1 Å². The fourth-order valence-corrected chi connectivity index (χ4v) is 2.35. The lowest BCUT2D eigenvalue weighted by molar-refractivity contribution is -0.384. The topological polar surface area (TPSA) is 103 Å². The number of nitrogens with one attached hydrogen (secondary N) is 2. The molecular formula is C17H17N3O5S. The summed E-state index contributed by atoms with van der Waals surface area (Å²) < 4.78 is 9.89. The van der Waals surface area contributed by atoms with Gasteiger partial charge in [-0.25, -0.2) is 4.79 Å². The molecule has 0 aliphatic carbocycles. The molecule has 0 atom stereocenters. The summed E-state index contributed by atoms with van der Waals surface area (Å²) in [6.07, 6.45) is 0. The van der Waals surface area contributed by atoms with Crippen LogP contribution >= 0.6 is 12.2 Å². The SMILES string of the molecule is COC(=O)c1cc(CNC(=S)Nc2ccc([N+](=O)[O-])cc2)ccc1OC. The number of non-ortho nitro benzene ring substituents is 1. The molecule has 0 radical (unpaired) electrons. The van der Waals surface area contributed by atoms with E-state index < -0.39 is 10.9 Å². The van der Waals surface area contributed by atoms with Crippen LogP contribution in [0.2, 0.25) is 0 Å². The molecule has 136 valence electrons. The average Bonchev–Trinajstić information content (AvgIpc) is 2.65. The van der Waals surface area contributed by atoms with Gasteiger partial charge >= 0.3 is 5.97 Å². The van der Waals surface area contributed by atoms with Gasteiger partial charge in [-0.05, 0) is 42.0 Å². The molecule has 0 amide bonds. The summed E-state index contributed by atoms with van der Waals surface area (Å²) in [5.41, 5.74) is 1.75. The lowest BCUT2D eigenvalue weighted by Crippen LogP contribution is -2.28. The van der Waals surface area contributed by atoms with E-state index in [9.17, 15) is 14.9 Å². The number of thiocarbonyl (C=S) groups is 1. The summed E-state index contributed by atoms with van der Waals surface area (Å²) >= 11 is 5.20. The molecule has 2 aromatic carbocycles. The molecule has 0 aromatic heterocycles. The van der Waals surface area contributed by atoms with Crippen LogP contribution in [0.3, 0.4) is 0 Å². The monoisotopic (exact) mass is 375 g/mol. The zero-order valence-electron chi connectivity index (χ0n) is 14.1. The Hall–Kier alpha value is -3.20. The molecule has 2 aromatic rings. The van der Waals surface area contributed by atoms with Crippen LogP contribution in [0.5, 0.6) is 5.75 Å². The largest absolute Gasteiger partial charge is 0.496 e. The van der Waals surface area contributed by atoms with Crippen molar-refractivity contribution in [2.45, 2.75) is 6.54 Å². The van der Waals surface area contributed by atoms with Crippen molar-refractivity contribution in [1.82, 2.24) is 5.32 Å². The lowest BCUT2D eigenvalue weighted by atomic mass is 10.1. The Morgan fingerprint density at radius 1 is 1.19 bits per heavy atom. The second kappa shape index (κ2) is 8.77. The van der Waals surface area contributed by atoms with Crippen LogP contribution in [0.1, 0.15) is 15.9 Å². The van der Waals surface area contributed by atoms with E-state index in [0.29, 0.717) is 28.7 Å². The molecule has 0 bridgehead atoms. The predicted octanol–water partition coefficient (Wildman–Crippen LogP) is 2.88. The van der Waals surface area contributed by atoms with Gasteiger partial charge in [-0.1, -0.05) is 6.07 Å². The number of methoxy groups -OCH3 is 2. The Morgan fingerprint density at radius 3 is 2.46 bits per heavy atom. The number of hydrogen-bond acceptors (Lipinski definition) is 6. The molecule has 2 rings (SSSR count). The van der Waals surface area contributed by atoms with Crippen molar-refractivity contribution in [2.24, 2.45) is 0 Å². The highest BCUT2D eigenvalue weighted by Gasteiger charge is 2.13. The van der Waals surface area contributed by atoms with Gasteiger partial charge in [-0.2, -0.15) is 0 Å². The van der Waals surface area contributed by atoms with Gasteiger partial charge in [-0.15, -0.1) is 0 Å². The van der Waals surface area contributed by atoms with E-state index in [2.05, 4.69) is 10.6 Å². The molecule has 26 heavy (non-hydrogen) atoms. The Kier molecular flexibility index (Phi) is 6.45. The molecule has 0 saturated carbocycles. The first kappa shape index (κ1) is 19.1. The zero-order valence-corrected chi connectivity index (χ0v) is 15.0. The summed E-state index contributed by atoms with van der Waals surface area (Å²) in [5.74, 6) is -0.0672. The van der Waals surface area contributed by atoms with Crippen molar-refractivity contribution >= 4 is 34.7 Å². The molecule has 9 heteroatoms. The van der Waals surface area contributed by atoms with E-state index in [1.165, 1.54) is 26.4 Å². The molecule has 2 N–H and O–H groups in total. The van der Waals surface area contributed by atoms with Crippen LogP contribution in [0.15, 0.2) is 42.5 Å². The zero-order chi connectivity index (χ0) is 19.1. The van der Waals surface area contributed by atoms with Crippen LogP contribution in [-0.2, 0) is 11.3 Å². The number of rotatable bonds is 6. The number of benzene rings is 2. The van der Waals surface area contributed by atoms with Gasteiger partial charge in [0.25, 0.3) is 5.69 Å². The minimum absolute atomic E-state index is 0.00278. The van der Waals surface area contributed by atoms with Crippen molar-refractivity contribution in [2.75, 3.05) is 19.5 Å². The molecule has 0 aliphatic heterocycles. The average molecular weight is 375 g/mol. The lowest BCUT2D eigenvalue weighted by Gasteiger charge is -2.12. The molecule has 0 unspecified atom stereocenters. The smallest absolute Gasteiger partial charge is 0.341 e.